The number of piperazine rings is 1. The molecule has 0 aliphatic carbocycles. The minimum Gasteiger partial charge on any atom is -0.372 e. The van der Waals surface area contributed by atoms with Crippen LogP contribution in [-0.2, 0) is 0 Å². The predicted octanol–water partition coefficient (Wildman–Crippen LogP) is 4.41. The van der Waals surface area contributed by atoms with E-state index < -0.39 is 0 Å². The predicted molar refractivity (Wildman–Crippen MR) is 113 cm³/mol. The summed E-state index contributed by atoms with van der Waals surface area (Å²) in [6.07, 6.45) is 2.61. The van der Waals surface area contributed by atoms with Crippen molar-refractivity contribution < 1.29 is 0 Å². The molecule has 0 atom stereocenters. The summed E-state index contributed by atoms with van der Waals surface area (Å²) in [6.45, 7) is 21.4. The average molecular weight is 358 g/mol. The molecule has 1 aromatic rings. The van der Waals surface area contributed by atoms with Crippen LogP contribution in [0.2, 0.25) is 0 Å². The van der Waals surface area contributed by atoms with Gasteiger partial charge >= 0.3 is 0 Å². The van der Waals surface area contributed by atoms with Crippen molar-refractivity contribution in [2.45, 2.75) is 65.5 Å². The summed E-state index contributed by atoms with van der Waals surface area (Å²) < 4.78 is 0. The highest BCUT2D eigenvalue weighted by Gasteiger charge is 2.39. The van der Waals surface area contributed by atoms with Crippen molar-refractivity contribution in [2.75, 3.05) is 44.2 Å². The van der Waals surface area contributed by atoms with Gasteiger partial charge in [0, 0.05) is 56.0 Å². The van der Waals surface area contributed by atoms with E-state index in [9.17, 15) is 0 Å². The fourth-order valence-electron chi connectivity index (χ4n) is 4.81. The Labute approximate surface area is 161 Å². The smallest absolute Gasteiger partial charge is 0.0366 e. The summed E-state index contributed by atoms with van der Waals surface area (Å²) in [5.41, 5.74) is 3.35. The van der Waals surface area contributed by atoms with Crippen LogP contribution in [0, 0.1) is 12.8 Å². The number of hydrogen-bond acceptors (Lipinski definition) is 3. The molecule has 0 spiro atoms. The van der Waals surface area contributed by atoms with Crippen molar-refractivity contribution in [3.05, 3.63) is 29.8 Å². The normalized spacial score (nSPS) is 22.0. The molecule has 2 aliphatic heterocycles. The monoisotopic (exact) mass is 357 g/mol. The molecule has 0 aromatic heterocycles. The fourth-order valence-corrected chi connectivity index (χ4v) is 4.81. The minimum absolute atomic E-state index is 0.301. The number of hydrogen-bond donors (Lipinski definition) is 0. The van der Waals surface area contributed by atoms with Crippen molar-refractivity contribution in [2.24, 2.45) is 5.92 Å². The molecule has 2 saturated heterocycles. The molecule has 26 heavy (non-hydrogen) atoms. The third kappa shape index (κ3) is 4.26. The molecule has 2 heterocycles. The maximum atomic E-state index is 2.77. The highest BCUT2D eigenvalue weighted by molar-refractivity contribution is 5.47. The second-order valence-electron chi connectivity index (χ2n) is 9.90. The molecule has 0 N–H and O–H groups in total. The molecule has 0 bridgehead atoms. The van der Waals surface area contributed by atoms with Crippen LogP contribution in [-0.4, -0.2) is 60.1 Å². The van der Waals surface area contributed by atoms with Crippen LogP contribution >= 0.6 is 0 Å². The van der Waals surface area contributed by atoms with E-state index in [-0.39, 0.29) is 0 Å². The summed E-state index contributed by atoms with van der Waals surface area (Å²) in [7, 11) is 0. The Morgan fingerprint density at radius 2 is 1.23 bits per heavy atom. The summed E-state index contributed by atoms with van der Waals surface area (Å²) in [5, 5.41) is 0. The Balaban J connectivity index is 1.55. The van der Waals surface area contributed by atoms with Crippen LogP contribution < -0.4 is 4.90 Å². The Hall–Kier alpha value is -1.06. The van der Waals surface area contributed by atoms with Gasteiger partial charge in [0.15, 0.2) is 0 Å². The topological polar surface area (TPSA) is 9.72 Å². The lowest BCUT2D eigenvalue weighted by Crippen LogP contribution is -2.61. The van der Waals surface area contributed by atoms with Crippen LogP contribution in [0.1, 0.15) is 53.0 Å². The number of benzene rings is 1. The van der Waals surface area contributed by atoms with Crippen molar-refractivity contribution >= 4 is 5.69 Å². The average Bonchev–Trinajstić information content (AvgIpc) is 2.62. The van der Waals surface area contributed by atoms with Gasteiger partial charge in [0.05, 0.1) is 0 Å². The van der Waals surface area contributed by atoms with Crippen LogP contribution in [0.15, 0.2) is 24.3 Å². The lowest BCUT2D eigenvalue weighted by Gasteiger charge is -2.52. The summed E-state index contributed by atoms with van der Waals surface area (Å²) in [5.74, 6) is 0.797. The summed E-state index contributed by atoms with van der Waals surface area (Å²) >= 11 is 0. The van der Waals surface area contributed by atoms with E-state index in [1.807, 2.05) is 0 Å². The molecule has 146 valence electrons. The minimum atomic E-state index is 0.301. The largest absolute Gasteiger partial charge is 0.372 e. The summed E-state index contributed by atoms with van der Waals surface area (Å²) in [6, 6.07) is 9.04. The van der Waals surface area contributed by atoms with Crippen LogP contribution in [0.3, 0.4) is 0 Å². The maximum Gasteiger partial charge on any atom is 0.0366 e. The van der Waals surface area contributed by atoms with Gasteiger partial charge < -0.3 is 4.90 Å². The van der Waals surface area contributed by atoms with Gasteiger partial charge in [-0.05, 0) is 72.4 Å². The molecule has 0 amide bonds. The van der Waals surface area contributed by atoms with Crippen molar-refractivity contribution in [1.29, 1.82) is 0 Å². The van der Waals surface area contributed by atoms with Gasteiger partial charge in [-0.3, -0.25) is 9.80 Å². The van der Waals surface area contributed by atoms with Crippen molar-refractivity contribution in [3.8, 4) is 0 Å². The first-order valence-electron chi connectivity index (χ1n) is 10.5. The van der Waals surface area contributed by atoms with Crippen molar-refractivity contribution in [3.63, 3.8) is 0 Å². The maximum absolute atomic E-state index is 2.77. The lowest BCUT2D eigenvalue weighted by atomic mass is 9.78. The third-order valence-electron chi connectivity index (χ3n) is 6.94. The van der Waals surface area contributed by atoms with Gasteiger partial charge in [-0.2, -0.15) is 0 Å². The quantitative estimate of drug-likeness (QED) is 0.793. The zero-order valence-corrected chi connectivity index (χ0v) is 17.9. The molecule has 3 heteroatoms. The second-order valence-corrected chi connectivity index (χ2v) is 9.90. The molecular formula is C23H39N3. The molecule has 2 fully saturated rings. The Morgan fingerprint density at radius 3 is 1.73 bits per heavy atom. The fraction of sp³-hybridized carbons (Fsp3) is 0.739. The van der Waals surface area contributed by atoms with Crippen LogP contribution in [0.5, 0.6) is 0 Å². The molecule has 0 saturated carbocycles. The molecule has 0 radical (unpaired) electrons. The SMILES string of the molecule is Cc1ccc(N2CCC(C(C)(C)N3CCN(C(C)(C)C)CC3)CC2)cc1. The Morgan fingerprint density at radius 1 is 0.731 bits per heavy atom. The number of aryl methyl sites for hydroxylation is 1. The molecule has 3 rings (SSSR count). The molecule has 3 nitrogen and oxygen atoms in total. The summed E-state index contributed by atoms with van der Waals surface area (Å²) in [4.78, 5) is 7.98. The number of rotatable bonds is 3. The van der Waals surface area contributed by atoms with Gasteiger partial charge in [0.1, 0.15) is 0 Å². The van der Waals surface area contributed by atoms with Crippen LogP contribution in [0.25, 0.3) is 0 Å². The molecule has 0 unspecified atom stereocenters. The van der Waals surface area contributed by atoms with Gasteiger partial charge in [0.25, 0.3) is 0 Å². The molecule has 2 aliphatic rings. The van der Waals surface area contributed by atoms with E-state index in [0.29, 0.717) is 11.1 Å². The van der Waals surface area contributed by atoms with Gasteiger partial charge in [-0.1, -0.05) is 17.7 Å². The van der Waals surface area contributed by atoms with E-state index in [1.54, 1.807) is 0 Å². The first kappa shape index (κ1) is 19.7. The second kappa shape index (κ2) is 7.52. The van der Waals surface area contributed by atoms with Gasteiger partial charge in [0.2, 0.25) is 0 Å². The first-order valence-corrected chi connectivity index (χ1v) is 10.5. The van der Waals surface area contributed by atoms with Crippen molar-refractivity contribution in [1.82, 2.24) is 9.80 Å². The van der Waals surface area contributed by atoms with Gasteiger partial charge in [-0.25, -0.2) is 0 Å². The zero-order chi connectivity index (χ0) is 18.9. The first-order chi connectivity index (χ1) is 12.2. The zero-order valence-electron chi connectivity index (χ0n) is 17.9. The van der Waals surface area contributed by atoms with E-state index in [2.05, 4.69) is 80.5 Å². The van der Waals surface area contributed by atoms with Gasteiger partial charge in [-0.15, -0.1) is 0 Å². The molecule has 1 aromatic carbocycles. The van der Waals surface area contributed by atoms with E-state index >= 15 is 0 Å². The molecular weight excluding hydrogens is 318 g/mol. The standard InChI is InChI=1S/C23H39N3/c1-19-7-9-21(10-8-19)24-13-11-20(12-14-24)23(5,6)26-17-15-25(16-18-26)22(2,3)4/h7-10,20H,11-18H2,1-6H3. The Kier molecular flexibility index (Phi) is 5.69. The van der Waals surface area contributed by atoms with Crippen LogP contribution in [0.4, 0.5) is 5.69 Å². The number of nitrogens with zero attached hydrogens (tertiary/aromatic N) is 3. The number of piperidine rings is 1. The Bertz CT molecular complexity index is 568. The van der Waals surface area contributed by atoms with E-state index in [0.717, 1.165) is 5.92 Å². The lowest BCUT2D eigenvalue weighted by molar-refractivity contribution is -0.0148. The third-order valence-corrected chi connectivity index (χ3v) is 6.94. The van der Waals surface area contributed by atoms with E-state index in [4.69, 9.17) is 0 Å². The van der Waals surface area contributed by atoms with E-state index in [1.165, 1.54) is 63.4 Å². The highest BCUT2D eigenvalue weighted by Crippen LogP contribution is 2.35. The number of anilines is 1. The highest BCUT2D eigenvalue weighted by atomic mass is 15.3.